The molecule has 0 saturated carbocycles. The SMILES string of the molecule is COc1ccccc1NC(=O)COc1ccsc1C(=O)O. The van der Waals surface area contributed by atoms with Gasteiger partial charge in [0.25, 0.3) is 5.91 Å². The summed E-state index contributed by atoms with van der Waals surface area (Å²) in [5.41, 5.74) is 0.525. The number of carboxylic acids is 1. The normalized spacial score (nSPS) is 9.95. The van der Waals surface area contributed by atoms with Crippen molar-refractivity contribution in [2.24, 2.45) is 0 Å². The largest absolute Gasteiger partial charge is 0.495 e. The second-order valence-electron chi connectivity index (χ2n) is 3.96. The van der Waals surface area contributed by atoms with Crippen LogP contribution in [0.25, 0.3) is 0 Å². The van der Waals surface area contributed by atoms with E-state index in [4.69, 9.17) is 14.6 Å². The molecule has 0 aliphatic rings. The fraction of sp³-hybridized carbons (Fsp3) is 0.143. The highest BCUT2D eigenvalue weighted by Crippen LogP contribution is 2.25. The molecule has 0 radical (unpaired) electrons. The summed E-state index contributed by atoms with van der Waals surface area (Å²) in [7, 11) is 1.51. The van der Waals surface area contributed by atoms with Gasteiger partial charge in [-0.25, -0.2) is 4.79 Å². The van der Waals surface area contributed by atoms with Crippen LogP contribution in [0.15, 0.2) is 35.7 Å². The predicted octanol–water partition coefficient (Wildman–Crippen LogP) is 2.47. The van der Waals surface area contributed by atoms with Gasteiger partial charge in [-0.05, 0) is 23.6 Å². The first-order valence-electron chi connectivity index (χ1n) is 5.98. The van der Waals surface area contributed by atoms with E-state index in [1.165, 1.54) is 13.2 Å². The zero-order chi connectivity index (χ0) is 15.2. The molecule has 0 atom stereocenters. The Morgan fingerprint density at radius 3 is 2.71 bits per heavy atom. The van der Waals surface area contributed by atoms with Crippen LogP contribution in [0.1, 0.15) is 9.67 Å². The Kier molecular flexibility index (Phi) is 4.78. The van der Waals surface area contributed by atoms with Gasteiger partial charge in [-0.2, -0.15) is 0 Å². The Labute approximate surface area is 124 Å². The minimum atomic E-state index is -1.08. The molecule has 1 amide bonds. The third-order valence-electron chi connectivity index (χ3n) is 2.56. The smallest absolute Gasteiger partial charge is 0.349 e. The lowest BCUT2D eigenvalue weighted by Gasteiger charge is -2.10. The van der Waals surface area contributed by atoms with Crippen LogP contribution < -0.4 is 14.8 Å². The molecule has 2 N–H and O–H groups in total. The van der Waals surface area contributed by atoms with Crippen LogP contribution >= 0.6 is 11.3 Å². The number of carbonyl (C=O) groups is 2. The van der Waals surface area contributed by atoms with Gasteiger partial charge in [-0.15, -0.1) is 11.3 Å². The second-order valence-corrected chi connectivity index (χ2v) is 4.87. The van der Waals surface area contributed by atoms with Gasteiger partial charge >= 0.3 is 5.97 Å². The maximum atomic E-state index is 11.8. The maximum Gasteiger partial charge on any atom is 0.349 e. The predicted molar refractivity (Wildman–Crippen MR) is 78.4 cm³/mol. The van der Waals surface area contributed by atoms with Crippen molar-refractivity contribution in [1.29, 1.82) is 0 Å². The van der Waals surface area contributed by atoms with E-state index in [1.807, 2.05) is 0 Å². The fourth-order valence-electron chi connectivity index (χ4n) is 1.64. The number of amides is 1. The average Bonchev–Trinajstić information content (AvgIpc) is 2.94. The van der Waals surface area contributed by atoms with Crippen LogP contribution in [0, 0.1) is 0 Å². The molecule has 0 aliphatic heterocycles. The molecule has 6 nitrogen and oxygen atoms in total. The molecule has 0 saturated heterocycles. The van der Waals surface area contributed by atoms with Crippen molar-refractivity contribution in [3.8, 4) is 11.5 Å². The Morgan fingerprint density at radius 1 is 1.24 bits per heavy atom. The summed E-state index contributed by atoms with van der Waals surface area (Å²) in [5.74, 6) is -0.762. The van der Waals surface area contributed by atoms with Crippen LogP contribution in [0.4, 0.5) is 5.69 Å². The lowest BCUT2D eigenvalue weighted by Crippen LogP contribution is -2.20. The molecule has 21 heavy (non-hydrogen) atoms. The fourth-order valence-corrected chi connectivity index (χ4v) is 2.32. The van der Waals surface area contributed by atoms with Crippen LogP contribution in [0.5, 0.6) is 11.5 Å². The minimum absolute atomic E-state index is 0.0695. The number of benzene rings is 1. The van der Waals surface area contributed by atoms with Crippen LogP contribution in [-0.4, -0.2) is 30.7 Å². The van der Waals surface area contributed by atoms with Gasteiger partial charge in [0.1, 0.15) is 11.5 Å². The number of hydrogen-bond acceptors (Lipinski definition) is 5. The van der Waals surface area contributed by atoms with Crippen molar-refractivity contribution in [3.63, 3.8) is 0 Å². The first-order chi connectivity index (χ1) is 10.1. The first kappa shape index (κ1) is 14.9. The monoisotopic (exact) mass is 307 g/mol. The molecule has 0 spiro atoms. The van der Waals surface area contributed by atoms with Crippen molar-refractivity contribution < 1.29 is 24.2 Å². The minimum Gasteiger partial charge on any atom is -0.495 e. The molecule has 0 unspecified atom stereocenters. The van der Waals surface area contributed by atoms with E-state index >= 15 is 0 Å². The van der Waals surface area contributed by atoms with Crippen molar-refractivity contribution in [2.45, 2.75) is 0 Å². The molecule has 0 aliphatic carbocycles. The number of ether oxygens (including phenoxy) is 2. The van der Waals surface area contributed by atoms with Crippen LogP contribution in [-0.2, 0) is 4.79 Å². The van der Waals surface area contributed by atoms with Gasteiger partial charge in [0.15, 0.2) is 11.5 Å². The van der Waals surface area contributed by atoms with Crippen LogP contribution in [0.3, 0.4) is 0 Å². The number of methoxy groups -OCH3 is 1. The molecule has 110 valence electrons. The van der Waals surface area contributed by atoms with Gasteiger partial charge in [-0.3, -0.25) is 4.79 Å². The number of hydrogen-bond donors (Lipinski definition) is 2. The molecule has 1 aromatic carbocycles. The summed E-state index contributed by atoms with van der Waals surface area (Å²) >= 11 is 1.04. The van der Waals surface area contributed by atoms with Crippen molar-refractivity contribution in [2.75, 3.05) is 19.0 Å². The molecule has 1 heterocycles. The van der Waals surface area contributed by atoms with Gasteiger partial charge in [0, 0.05) is 0 Å². The number of para-hydroxylation sites is 2. The van der Waals surface area contributed by atoms with E-state index < -0.39 is 11.9 Å². The molecule has 7 heteroatoms. The third kappa shape index (κ3) is 3.73. The molecular formula is C14H13NO5S. The summed E-state index contributed by atoms with van der Waals surface area (Å²) in [5, 5.41) is 13.2. The Bertz CT molecular complexity index is 652. The standard InChI is InChI=1S/C14H13NO5S/c1-19-10-5-3-2-4-9(10)15-12(16)8-20-11-6-7-21-13(11)14(17)18/h2-7H,8H2,1H3,(H,15,16)(H,17,18). The molecule has 0 fully saturated rings. The maximum absolute atomic E-state index is 11.8. The Morgan fingerprint density at radius 2 is 2.00 bits per heavy atom. The van der Waals surface area contributed by atoms with E-state index in [0.717, 1.165) is 11.3 Å². The van der Waals surface area contributed by atoms with E-state index in [0.29, 0.717) is 11.4 Å². The lowest BCUT2D eigenvalue weighted by molar-refractivity contribution is -0.118. The van der Waals surface area contributed by atoms with E-state index in [1.54, 1.807) is 29.6 Å². The quantitative estimate of drug-likeness (QED) is 0.856. The highest BCUT2D eigenvalue weighted by molar-refractivity contribution is 7.12. The summed E-state index contributed by atoms with van der Waals surface area (Å²) in [4.78, 5) is 22.8. The van der Waals surface area contributed by atoms with Gasteiger partial charge < -0.3 is 19.9 Å². The summed E-state index contributed by atoms with van der Waals surface area (Å²) in [6.45, 7) is -0.283. The molecular weight excluding hydrogens is 294 g/mol. The van der Waals surface area contributed by atoms with Gasteiger partial charge in [-0.1, -0.05) is 12.1 Å². The van der Waals surface area contributed by atoms with E-state index in [2.05, 4.69) is 5.32 Å². The molecule has 1 aromatic heterocycles. The summed E-state index contributed by atoms with van der Waals surface area (Å²) in [6, 6.07) is 8.49. The number of nitrogens with one attached hydrogen (secondary N) is 1. The highest BCUT2D eigenvalue weighted by Gasteiger charge is 2.14. The number of anilines is 1. The third-order valence-corrected chi connectivity index (χ3v) is 3.45. The number of carboxylic acid groups (broad SMARTS) is 1. The Hall–Kier alpha value is -2.54. The summed E-state index contributed by atoms with van der Waals surface area (Å²) < 4.78 is 10.3. The van der Waals surface area contributed by atoms with Crippen molar-refractivity contribution >= 4 is 28.9 Å². The van der Waals surface area contributed by atoms with E-state index in [9.17, 15) is 9.59 Å². The molecule has 2 aromatic rings. The molecule has 0 bridgehead atoms. The van der Waals surface area contributed by atoms with Crippen molar-refractivity contribution in [1.82, 2.24) is 0 Å². The summed E-state index contributed by atoms with van der Waals surface area (Å²) in [6.07, 6.45) is 0. The number of thiophene rings is 1. The molecule has 2 rings (SSSR count). The second kappa shape index (κ2) is 6.76. The van der Waals surface area contributed by atoms with E-state index in [-0.39, 0.29) is 17.2 Å². The first-order valence-corrected chi connectivity index (χ1v) is 6.86. The highest BCUT2D eigenvalue weighted by atomic mass is 32.1. The topological polar surface area (TPSA) is 84.9 Å². The van der Waals surface area contributed by atoms with Crippen molar-refractivity contribution in [3.05, 3.63) is 40.6 Å². The average molecular weight is 307 g/mol. The number of carbonyl (C=O) groups excluding carboxylic acids is 1. The lowest BCUT2D eigenvalue weighted by atomic mass is 10.3. The zero-order valence-electron chi connectivity index (χ0n) is 11.2. The van der Waals surface area contributed by atoms with Crippen LogP contribution in [0.2, 0.25) is 0 Å². The van der Waals surface area contributed by atoms with Gasteiger partial charge in [0.2, 0.25) is 0 Å². The number of rotatable bonds is 6. The number of aromatic carboxylic acids is 1. The van der Waals surface area contributed by atoms with Gasteiger partial charge in [0.05, 0.1) is 12.8 Å². The Balaban J connectivity index is 1.96. The zero-order valence-corrected chi connectivity index (χ0v) is 12.0.